The van der Waals surface area contributed by atoms with E-state index < -0.39 is 0 Å². The number of nitrogens with zero attached hydrogens (tertiary/aromatic N) is 4. The van der Waals surface area contributed by atoms with E-state index in [0.29, 0.717) is 13.0 Å². The van der Waals surface area contributed by atoms with Crippen molar-refractivity contribution in [3.05, 3.63) is 35.9 Å². The van der Waals surface area contributed by atoms with Crippen molar-refractivity contribution in [3.63, 3.8) is 0 Å². The predicted molar refractivity (Wildman–Crippen MR) is 117 cm³/mol. The molecule has 29 heavy (non-hydrogen) atoms. The van der Waals surface area contributed by atoms with Crippen LogP contribution in [0.5, 0.6) is 0 Å². The summed E-state index contributed by atoms with van der Waals surface area (Å²) in [7, 11) is 5.85. The number of piperidine rings is 1. The molecule has 7 nitrogen and oxygen atoms in total. The third-order valence-corrected chi connectivity index (χ3v) is 6.05. The fraction of sp³-hybridized carbons (Fsp3) is 0.500. The van der Waals surface area contributed by atoms with E-state index in [0.717, 1.165) is 55.2 Å². The molecule has 0 radical (unpaired) electrons. The van der Waals surface area contributed by atoms with E-state index in [2.05, 4.69) is 44.8 Å². The number of anilines is 1. The van der Waals surface area contributed by atoms with Crippen LogP contribution in [0.1, 0.15) is 24.8 Å². The minimum atomic E-state index is 0.0500. The first kappa shape index (κ1) is 19.5. The largest absolute Gasteiger partial charge is 0.363 e. The number of likely N-dealkylation sites (tertiary alicyclic amines) is 1. The van der Waals surface area contributed by atoms with E-state index in [1.807, 2.05) is 32.1 Å². The molecule has 7 heteroatoms. The molecule has 2 saturated heterocycles. The van der Waals surface area contributed by atoms with Crippen molar-refractivity contribution < 1.29 is 4.79 Å². The van der Waals surface area contributed by atoms with Gasteiger partial charge in [-0.2, -0.15) is 0 Å². The van der Waals surface area contributed by atoms with Crippen molar-refractivity contribution in [2.75, 3.05) is 45.7 Å². The second-order valence-electron chi connectivity index (χ2n) is 8.43. The van der Waals surface area contributed by atoms with Crippen LogP contribution in [0.4, 0.5) is 5.82 Å². The van der Waals surface area contributed by atoms with Crippen LogP contribution < -0.4 is 15.5 Å². The number of guanidine groups is 1. The molecule has 2 aromatic rings. The fourth-order valence-electron chi connectivity index (χ4n) is 4.54. The van der Waals surface area contributed by atoms with Crippen molar-refractivity contribution in [1.82, 2.24) is 20.5 Å². The number of rotatable bonds is 3. The Balaban J connectivity index is 1.52. The number of pyridine rings is 1. The SMILES string of the molecule is CN=C(NCc1cc(N(C)C)nc2ccccc12)N1CCCC2(CNC(=O)C2)C1. The smallest absolute Gasteiger partial charge is 0.220 e. The summed E-state index contributed by atoms with van der Waals surface area (Å²) in [5.41, 5.74) is 2.25. The highest BCUT2D eigenvalue weighted by Gasteiger charge is 2.42. The number of carbonyl (C=O) groups is 1. The Morgan fingerprint density at radius 2 is 2.21 bits per heavy atom. The maximum atomic E-state index is 11.8. The van der Waals surface area contributed by atoms with Gasteiger partial charge < -0.3 is 20.4 Å². The molecular weight excluding hydrogens is 364 g/mol. The number of aliphatic imine (C=N–C) groups is 1. The molecule has 2 fully saturated rings. The van der Waals surface area contributed by atoms with Gasteiger partial charge >= 0.3 is 0 Å². The van der Waals surface area contributed by atoms with Crippen molar-refractivity contribution >= 4 is 28.6 Å². The lowest BCUT2D eigenvalue weighted by molar-refractivity contribution is -0.119. The molecule has 1 amide bonds. The van der Waals surface area contributed by atoms with E-state index in [4.69, 9.17) is 4.98 Å². The van der Waals surface area contributed by atoms with Crippen molar-refractivity contribution in [2.45, 2.75) is 25.8 Å². The number of amides is 1. The highest BCUT2D eigenvalue weighted by atomic mass is 16.1. The minimum absolute atomic E-state index is 0.0500. The van der Waals surface area contributed by atoms with Gasteiger partial charge in [0.2, 0.25) is 5.91 Å². The van der Waals surface area contributed by atoms with Crippen LogP contribution in [0.2, 0.25) is 0 Å². The summed E-state index contributed by atoms with van der Waals surface area (Å²) in [6.07, 6.45) is 2.81. The molecule has 2 aliphatic rings. The molecular formula is C22H30N6O. The van der Waals surface area contributed by atoms with Crippen LogP contribution in [-0.4, -0.2) is 62.5 Å². The van der Waals surface area contributed by atoms with Gasteiger partial charge in [0.05, 0.1) is 5.52 Å². The summed E-state index contributed by atoms with van der Waals surface area (Å²) < 4.78 is 0. The van der Waals surface area contributed by atoms with E-state index in [-0.39, 0.29) is 11.3 Å². The van der Waals surface area contributed by atoms with Crippen LogP contribution in [0.25, 0.3) is 10.9 Å². The lowest BCUT2D eigenvalue weighted by Gasteiger charge is -2.40. The second kappa shape index (κ2) is 7.89. The maximum absolute atomic E-state index is 11.8. The molecule has 3 heterocycles. The minimum Gasteiger partial charge on any atom is -0.363 e. The molecule has 2 aliphatic heterocycles. The highest BCUT2D eigenvalue weighted by Crippen LogP contribution is 2.36. The Hall–Kier alpha value is -2.83. The standard InChI is InChI=1S/C22H30N6O/c1-23-21(28-10-6-9-22(15-28)12-20(29)25-14-22)24-13-16-11-19(27(2)3)26-18-8-5-4-7-17(16)18/h4-5,7-8,11H,6,9-10,12-15H2,1-3H3,(H,23,24)(H,25,29). The average Bonchev–Trinajstić information content (AvgIpc) is 3.07. The summed E-state index contributed by atoms with van der Waals surface area (Å²) in [4.78, 5) is 25.4. The first-order chi connectivity index (χ1) is 14.0. The van der Waals surface area contributed by atoms with Gasteiger partial charge in [-0.05, 0) is 30.5 Å². The molecule has 1 aromatic heterocycles. The van der Waals surface area contributed by atoms with Crippen molar-refractivity contribution in [2.24, 2.45) is 10.4 Å². The van der Waals surface area contributed by atoms with Crippen molar-refractivity contribution in [1.29, 1.82) is 0 Å². The van der Waals surface area contributed by atoms with Gasteiger partial charge in [0.15, 0.2) is 5.96 Å². The average molecular weight is 395 g/mol. The molecule has 1 atom stereocenters. The van der Waals surface area contributed by atoms with Crippen LogP contribution >= 0.6 is 0 Å². The lowest BCUT2D eigenvalue weighted by Crippen LogP contribution is -2.51. The zero-order valence-electron chi connectivity index (χ0n) is 17.5. The fourth-order valence-corrected chi connectivity index (χ4v) is 4.54. The van der Waals surface area contributed by atoms with Gasteiger partial charge in [-0.25, -0.2) is 4.98 Å². The van der Waals surface area contributed by atoms with Gasteiger partial charge in [0.1, 0.15) is 5.82 Å². The number of para-hydroxylation sites is 1. The Kier molecular flexibility index (Phi) is 5.30. The molecule has 4 rings (SSSR count). The summed E-state index contributed by atoms with van der Waals surface area (Å²) in [5.74, 6) is 2.02. The Labute approximate surface area is 172 Å². The Bertz CT molecular complexity index is 940. The number of benzene rings is 1. The number of aromatic nitrogens is 1. The number of hydrogen-bond acceptors (Lipinski definition) is 4. The summed E-state index contributed by atoms with van der Waals surface area (Å²) in [6.45, 7) is 3.29. The summed E-state index contributed by atoms with van der Waals surface area (Å²) in [6, 6.07) is 10.4. The third kappa shape index (κ3) is 3.99. The predicted octanol–water partition coefficient (Wildman–Crippen LogP) is 1.98. The molecule has 1 aromatic carbocycles. The lowest BCUT2D eigenvalue weighted by atomic mass is 9.79. The van der Waals surface area contributed by atoms with Gasteiger partial charge in [0, 0.05) is 64.5 Å². The van der Waals surface area contributed by atoms with Crippen LogP contribution in [-0.2, 0) is 11.3 Å². The highest BCUT2D eigenvalue weighted by molar-refractivity contribution is 5.85. The number of carbonyl (C=O) groups excluding carboxylic acids is 1. The maximum Gasteiger partial charge on any atom is 0.220 e. The molecule has 1 spiro atoms. The van der Waals surface area contributed by atoms with Crippen LogP contribution in [0.3, 0.4) is 0 Å². The van der Waals surface area contributed by atoms with Gasteiger partial charge in [0.25, 0.3) is 0 Å². The van der Waals surface area contributed by atoms with Gasteiger partial charge in [-0.3, -0.25) is 9.79 Å². The zero-order chi connectivity index (χ0) is 20.4. The second-order valence-corrected chi connectivity index (χ2v) is 8.43. The molecule has 0 bridgehead atoms. The quantitative estimate of drug-likeness (QED) is 0.615. The Morgan fingerprint density at radius 1 is 1.38 bits per heavy atom. The Morgan fingerprint density at radius 3 is 2.93 bits per heavy atom. The number of fused-ring (bicyclic) bond motifs is 1. The van der Waals surface area contributed by atoms with Gasteiger partial charge in [-0.1, -0.05) is 18.2 Å². The molecule has 1 unspecified atom stereocenters. The zero-order valence-corrected chi connectivity index (χ0v) is 17.5. The van der Waals surface area contributed by atoms with Gasteiger partial charge in [-0.15, -0.1) is 0 Å². The van der Waals surface area contributed by atoms with Crippen LogP contribution in [0, 0.1) is 5.41 Å². The third-order valence-electron chi connectivity index (χ3n) is 6.05. The van der Waals surface area contributed by atoms with Crippen LogP contribution in [0.15, 0.2) is 35.3 Å². The van der Waals surface area contributed by atoms with E-state index in [9.17, 15) is 4.79 Å². The topological polar surface area (TPSA) is 72.9 Å². The van der Waals surface area contributed by atoms with E-state index >= 15 is 0 Å². The first-order valence-electron chi connectivity index (χ1n) is 10.3. The summed E-state index contributed by atoms with van der Waals surface area (Å²) in [5, 5.41) is 7.72. The van der Waals surface area contributed by atoms with E-state index in [1.165, 1.54) is 5.56 Å². The molecule has 2 N–H and O–H groups in total. The number of nitrogens with one attached hydrogen (secondary N) is 2. The monoisotopic (exact) mass is 394 g/mol. The first-order valence-corrected chi connectivity index (χ1v) is 10.3. The summed E-state index contributed by atoms with van der Waals surface area (Å²) >= 11 is 0. The molecule has 154 valence electrons. The van der Waals surface area contributed by atoms with Crippen molar-refractivity contribution in [3.8, 4) is 0 Å². The van der Waals surface area contributed by atoms with E-state index in [1.54, 1.807) is 0 Å². The molecule has 0 saturated carbocycles. The number of hydrogen-bond donors (Lipinski definition) is 2. The molecule has 0 aliphatic carbocycles. The normalized spacial score (nSPS) is 22.2.